The molecule has 7 nitrogen and oxygen atoms in total. The van der Waals surface area contributed by atoms with E-state index < -0.39 is 21.8 Å². The van der Waals surface area contributed by atoms with Gasteiger partial charge in [0.1, 0.15) is 17.1 Å². The summed E-state index contributed by atoms with van der Waals surface area (Å²) in [6, 6.07) is 8.46. The van der Waals surface area contributed by atoms with Crippen molar-refractivity contribution in [3.8, 4) is 11.6 Å². The van der Waals surface area contributed by atoms with Crippen molar-refractivity contribution in [1.82, 2.24) is 15.3 Å². The Morgan fingerprint density at radius 2 is 1.96 bits per heavy atom. The Bertz CT molecular complexity index is 880. The number of carbonyl (C=O) groups excluding carboxylic acids is 1. The number of aromatic nitrogens is 2. The van der Waals surface area contributed by atoms with Gasteiger partial charge in [-0.05, 0) is 26.0 Å². The van der Waals surface area contributed by atoms with Crippen LogP contribution in [0.5, 0.6) is 11.6 Å². The highest BCUT2D eigenvalue weighted by Crippen LogP contribution is 2.22. The van der Waals surface area contributed by atoms with E-state index in [9.17, 15) is 13.2 Å². The van der Waals surface area contributed by atoms with Crippen LogP contribution in [0.4, 0.5) is 0 Å². The molecule has 0 saturated carbocycles. The van der Waals surface area contributed by atoms with Gasteiger partial charge in [-0.2, -0.15) is 4.98 Å². The van der Waals surface area contributed by atoms with Crippen LogP contribution in [-0.2, 0) is 9.84 Å². The van der Waals surface area contributed by atoms with Crippen molar-refractivity contribution in [2.75, 3.05) is 6.26 Å². The fraction of sp³-hybridized carbons (Fsp3) is 0.235. The van der Waals surface area contributed by atoms with Gasteiger partial charge in [0.25, 0.3) is 5.91 Å². The number of para-hydroxylation sites is 1. The van der Waals surface area contributed by atoms with E-state index in [1.165, 1.54) is 12.3 Å². The summed E-state index contributed by atoms with van der Waals surface area (Å²) in [6.45, 7) is 3.35. The largest absolute Gasteiger partial charge is 0.438 e. The Balaban J connectivity index is 2.20. The molecule has 2 aromatic rings. The zero-order valence-corrected chi connectivity index (χ0v) is 14.9. The molecular formula is C17H19N3O4S. The fourth-order valence-corrected chi connectivity index (χ4v) is 2.40. The molecule has 8 heteroatoms. The number of aryl methyl sites for hydroxylation is 1. The van der Waals surface area contributed by atoms with Crippen LogP contribution in [0.15, 0.2) is 48.0 Å². The molecule has 1 heterocycles. The van der Waals surface area contributed by atoms with E-state index in [1.807, 2.05) is 6.07 Å². The molecule has 0 fully saturated rings. The maximum Gasteiger partial charge on any atom is 0.258 e. The molecular weight excluding hydrogens is 342 g/mol. The molecule has 2 rings (SSSR count). The van der Waals surface area contributed by atoms with Gasteiger partial charge in [0.15, 0.2) is 9.84 Å². The summed E-state index contributed by atoms with van der Waals surface area (Å²) in [4.78, 5) is 20.7. The van der Waals surface area contributed by atoms with Crippen LogP contribution in [0.25, 0.3) is 0 Å². The zero-order chi connectivity index (χ0) is 18.4. The summed E-state index contributed by atoms with van der Waals surface area (Å²) in [5.74, 6) is 0.680. The van der Waals surface area contributed by atoms with Crippen molar-refractivity contribution in [2.45, 2.75) is 19.9 Å². The van der Waals surface area contributed by atoms with E-state index in [0.717, 1.165) is 11.7 Å². The molecule has 0 radical (unpaired) electrons. The number of ether oxygens (including phenoxy) is 1. The molecule has 0 aliphatic rings. The molecule has 0 bridgehead atoms. The standard InChI is InChI=1S/C17H19N3O4S/c1-12(9-10-25(3,22)23)19-16(21)15-11-18-13(2)20-17(15)24-14-7-5-4-6-8-14/h4-12H,1-3H3,(H,19,21)/b10-9+. The van der Waals surface area contributed by atoms with Crippen LogP contribution in [0, 0.1) is 6.92 Å². The number of amides is 1. The van der Waals surface area contributed by atoms with Gasteiger partial charge in [0.2, 0.25) is 5.88 Å². The lowest BCUT2D eigenvalue weighted by Crippen LogP contribution is -2.31. The lowest BCUT2D eigenvalue weighted by molar-refractivity contribution is 0.0943. The van der Waals surface area contributed by atoms with Crippen molar-refractivity contribution >= 4 is 15.7 Å². The second-order valence-electron chi connectivity index (χ2n) is 5.47. The smallest absolute Gasteiger partial charge is 0.258 e. The molecule has 0 spiro atoms. The maximum absolute atomic E-state index is 12.4. The van der Waals surface area contributed by atoms with E-state index in [4.69, 9.17) is 4.74 Å². The average molecular weight is 361 g/mol. The zero-order valence-electron chi connectivity index (χ0n) is 14.1. The third-order valence-corrected chi connectivity index (χ3v) is 3.70. The van der Waals surface area contributed by atoms with Crippen molar-refractivity contribution in [3.63, 3.8) is 0 Å². The minimum absolute atomic E-state index is 0.135. The van der Waals surface area contributed by atoms with Gasteiger partial charge in [-0.15, -0.1) is 0 Å². The third-order valence-electron chi connectivity index (χ3n) is 3.05. The van der Waals surface area contributed by atoms with Gasteiger partial charge in [-0.1, -0.05) is 24.3 Å². The molecule has 1 aromatic heterocycles. The highest BCUT2D eigenvalue weighted by atomic mass is 32.2. The Labute approximate surface area is 146 Å². The van der Waals surface area contributed by atoms with Crippen molar-refractivity contribution in [1.29, 1.82) is 0 Å². The predicted molar refractivity (Wildman–Crippen MR) is 94.2 cm³/mol. The number of rotatable bonds is 6. The van der Waals surface area contributed by atoms with Gasteiger partial charge in [0, 0.05) is 23.9 Å². The molecule has 1 amide bonds. The van der Waals surface area contributed by atoms with E-state index in [-0.39, 0.29) is 11.4 Å². The molecule has 1 N–H and O–H groups in total. The third kappa shape index (κ3) is 6.00. The minimum atomic E-state index is -3.26. The number of benzene rings is 1. The van der Waals surface area contributed by atoms with E-state index in [1.54, 1.807) is 38.1 Å². The van der Waals surface area contributed by atoms with Crippen LogP contribution in [0.2, 0.25) is 0 Å². The number of nitrogens with one attached hydrogen (secondary N) is 1. The Morgan fingerprint density at radius 3 is 2.60 bits per heavy atom. The van der Waals surface area contributed by atoms with Gasteiger partial charge in [-0.3, -0.25) is 4.79 Å². The number of hydrogen-bond acceptors (Lipinski definition) is 6. The first kappa shape index (κ1) is 18.6. The first-order chi connectivity index (χ1) is 11.7. The van der Waals surface area contributed by atoms with E-state index in [2.05, 4.69) is 15.3 Å². The van der Waals surface area contributed by atoms with Gasteiger partial charge in [0.05, 0.1) is 0 Å². The molecule has 1 aromatic carbocycles. The first-order valence-corrected chi connectivity index (χ1v) is 9.46. The van der Waals surface area contributed by atoms with Gasteiger partial charge >= 0.3 is 0 Å². The monoisotopic (exact) mass is 361 g/mol. The maximum atomic E-state index is 12.4. The summed E-state index contributed by atoms with van der Waals surface area (Å²) < 4.78 is 28.0. The van der Waals surface area contributed by atoms with Crippen LogP contribution < -0.4 is 10.1 Å². The molecule has 0 aliphatic heterocycles. The topological polar surface area (TPSA) is 98.2 Å². The normalized spacial score (nSPS) is 12.8. The minimum Gasteiger partial charge on any atom is -0.438 e. The SMILES string of the molecule is Cc1ncc(C(=O)NC(C)/C=C/S(C)(=O)=O)c(Oc2ccccc2)n1. The summed E-state index contributed by atoms with van der Waals surface area (Å²) >= 11 is 0. The lowest BCUT2D eigenvalue weighted by atomic mass is 10.2. The summed E-state index contributed by atoms with van der Waals surface area (Å²) in [6.07, 6.45) is 3.85. The summed E-state index contributed by atoms with van der Waals surface area (Å²) in [5, 5.41) is 3.71. The molecule has 1 unspecified atom stereocenters. The van der Waals surface area contributed by atoms with Crippen LogP contribution in [0.3, 0.4) is 0 Å². The average Bonchev–Trinajstić information content (AvgIpc) is 2.53. The number of sulfone groups is 1. The van der Waals surface area contributed by atoms with Crippen LogP contribution >= 0.6 is 0 Å². The highest BCUT2D eigenvalue weighted by Gasteiger charge is 2.17. The molecule has 25 heavy (non-hydrogen) atoms. The molecule has 0 saturated heterocycles. The molecule has 1 atom stereocenters. The number of nitrogens with zero attached hydrogens (tertiary/aromatic N) is 2. The van der Waals surface area contributed by atoms with Crippen LogP contribution in [-0.4, -0.2) is 36.6 Å². The Hall–Kier alpha value is -2.74. The first-order valence-electron chi connectivity index (χ1n) is 7.50. The molecule has 0 aliphatic carbocycles. The van der Waals surface area contributed by atoms with Gasteiger partial charge in [-0.25, -0.2) is 13.4 Å². The van der Waals surface area contributed by atoms with Crippen molar-refractivity contribution in [3.05, 3.63) is 59.4 Å². The lowest BCUT2D eigenvalue weighted by Gasteiger charge is -2.13. The van der Waals surface area contributed by atoms with Crippen molar-refractivity contribution in [2.24, 2.45) is 0 Å². The van der Waals surface area contributed by atoms with Crippen molar-refractivity contribution < 1.29 is 17.9 Å². The van der Waals surface area contributed by atoms with E-state index in [0.29, 0.717) is 11.6 Å². The number of carbonyl (C=O) groups is 1. The summed E-state index contributed by atoms with van der Waals surface area (Å²) in [7, 11) is -3.26. The highest BCUT2D eigenvalue weighted by molar-refractivity contribution is 7.93. The predicted octanol–water partition coefficient (Wildman–Crippen LogP) is 2.25. The second-order valence-corrected chi connectivity index (χ2v) is 7.40. The van der Waals surface area contributed by atoms with E-state index >= 15 is 0 Å². The summed E-state index contributed by atoms with van der Waals surface area (Å²) in [5.41, 5.74) is 0.161. The molecule has 132 valence electrons. The van der Waals surface area contributed by atoms with Gasteiger partial charge < -0.3 is 10.1 Å². The Kier molecular flexibility index (Phi) is 5.87. The van der Waals surface area contributed by atoms with Crippen LogP contribution in [0.1, 0.15) is 23.1 Å². The quantitative estimate of drug-likeness (QED) is 0.847. The number of hydrogen-bond donors (Lipinski definition) is 1. The second kappa shape index (κ2) is 7.89. The fourth-order valence-electron chi connectivity index (χ4n) is 1.88. The Morgan fingerprint density at radius 1 is 1.28 bits per heavy atom.